The molecule has 0 amide bonds. The Bertz CT molecular complexity index is 858. The number of hydrogen-bond acceptors (Lipinski definition) is 4. The minimum atomic E-state index is 0.431. The van der Waals surface area contributed by atoms with Crippen molar-refractivity contribution in [1.82, 2.24) is 14.8 Å². The van der Waals surface area contributed by atoms with Gasteiger partial charge in [-0.1, -0.05) is 59.8 Å². The van der Waals surface area contributed by atoms with Crippen LogP contribution in [0.15, 0.2) is 58.6 Å². The maximum absolute atomic E-state index is 4.43. The van der Waals surface area contributed by atoms with Crippen LogP contribution in [-0.4, -0.2) is 26.3 Å². The Kier molecular flexibility index (Phi) is 4.37. The van der Waals surface area contributed by atoms with Crippen LogP contribution in [0.25, 0.3) is 11.4 Å². The van der Waals surface area contributed by atoms with Gasteiger partial charge in [0, 0.05) is 22.0 Å². The minimum Gasteiger partial charge on any atom is -0.297 e. The second kappa shape index (κ2) is 6.65. The molecule has 0 radical (unpaired) electrons. The molecule has 4 rings (SSSR count). The van der Waals surface area contributed by atoms with Gasteiger partial charge in [-0.25, -0.2) is 0 Å². The lowest BCUT2D eigenvalue weighted by molar-refractivity contribution is 0.597. The summed E-state index contributed by atoms with van der Waals surface area (Å²) in [5.74, 6) is 3.10. The number of benzene rings is 2. The number of rotatable bonds is 4. The van der Waals surface area contributed by atoms with Gasteiger partial charge in [0.1, 0.15) is 0 Å². The second-order valence-corrected chi connectivity index (χ2v) is 8.14. The number of aromatic nitrogens is 3. The topological polar surface area (TPSA) is 30.7 Å². The van der Waals surface area contributed by atoms with E-state index in [1.165, 1.54) is 16.0 Å². The molecule has 2 heterocycles. The average molecular weight is 354 g/mol. The molecule has 24 heavy (non-hydrogen) atoms. The Hall–Kier alpha value is -1.72. The summed E-state index contributed by atoms with van der Waals surface area (Å²) in [6.07, 6.45) is 0. The van der Waals surface area contributed by atoms with Crippen molar-refractivity contribution in [1.29, 1.82) is 0 Å². The van der Waals surface area contributed by atoms with Gasteiger partial charge in [-0.05, 0) is 25.5 Å². The summed E-state index contributed by atoms with van der Waals surface area (Å²) in [6, 6.07) is 17.5. The summed E-state index contributed by atoms with van der Waals surface area (Å²) < 4.78 is 2.32. The fourth-order valence-electron chi connectivity index (χ4n) is 3.00. The summed E-state index contributed by atoms with van der Waals surface area (Å²) in [7, 11) is 0. The molecule has 0 saturated heterocycles. The molecule has 0 spiro atoms. The molecule has 1 aliphatic rings. The molecule has 0 aliphatic carbocycles. The smallest absolute Gasteiger partial charge is 0.191 e. The molecule has 0 unspecified atom stereocenters. The fourth-order valence-corrected chi connectivity index (χ4v) is 5.32. The molecule has 3 nitrogen and oxygen atoms in total. The van der Waals surface area contributed by atoms with E-state index < -0.39 is 0 Å². The van der Waals surface area contributed by atoms with Crippen molar-refractivity contribution in [2.45, 2.75) is 29.9 Å². The lowest BCUT2D eigenvalue weighted by Crippen LogP contribution is -2.11. The van der Waals surface area contributed by atoms with E-state index in [9.17, 15) is 0 Å². The number of aryl methyl sites for hydroxylation is 2. The van der Waals surface area contributed by atoms with Gasteiger partial charge in [-0.3, -0.25) is 4.57 Å². The summed E-state index contributed by atoms with van der Waals surface area (Å²) in [4.78, 5) is 1.37. The molecule has 0 fully saturated rings. The van der Waals surface area contributed by atoms with Crippen LogP contribution in [0.3, 0.4) is 0 Å². The van der Waals surface area contributed by atoms with Gasteiger partial charge < -0.3 is 0 Å². The molecule has 122 valence electrons. The van der Waals surface area contributed by atoms with Crippen LogP contribution in [0.2, 0.25) is 0 Å². The molecular formula is C19H19N3S2. The third-order valence-electron chi connectivity index (χ3n) is 4.23. The van der Waals surface area contributed by atoms with Gasteiger partial charge in [0.2, 0.25) is 0 Å². The van der Waals surface area contributed by atoms with E-state index >= 15 is 0 Å². The number of fused-ring (bicyclic) bond motifs is 1. The fraction of sp³-hybridized carbons (Fsp3) is 0.263. The highest BCUT2D eigenvalue weighted by molar-refractivity contribution is 8.00. The van der Waals surface area contributed by atoms with Crippen LogP contribution in [0, 0.1) is 13.8 Å². The quantitative estimate of drug-likeness (QED) is 0.618. The van der Waals surface area contributed by atoms with Crippen molar-refractivity contribution in [3.63, 3.8) is 0 Å². The maximum Gasteiger partial charge on any atom is 0.191 e. The largest absolute Gasteiger partial charge is 0.297 e. The van der Waals surface area contributed by atoms with Crippen LogP contribution >= 0.6 is 23.5 Å². The summed E-state index contributed by atoms with van der Waals surface area (Å²) in [5.41, 5.74) is 3.82. The summed E-state index contributed by atoms with van der Waals surface area (Å²) in [5, 5.41) is 9.84. The first-order valence-corrected chi connectivity index (χ1v) is 10.0. The van der Waals surface area contributed by atoms with Gasteiger partial charge in [0.15, 0.2) is 11.0 Å². The van der Waals surface area contributed by atoms with Crippen molar-refractivity contribution in [2.24, 2.45) is 0 Å². The number of thioether (sulfide) groups is 2. The zero-order chi connectivity index (χ0) is 16.5. The van der Waals surface area contributed by atoms with Crippen molar-refractivity contribution in [3.8, 4) is 11.4 Å². The third kappa shape index (κ3) is 2.98. The van der Waals surface area contributed by atoms with E-state index in [0.717, 1.165) is 28.0 Å². The zero-order valence-corrected chi connectivity index (χ0v) is 15.4. The number of nitrogens with zero attached hydrogens (tertiary/aromatic N) is 3. The van der Waals surface area contributed by atoms with Crippen molar-refractivity contribution in [2.75, 3.05) is 11.5 Å². The molecule has 1 atom stereocenters. The van der Waals surface area contributed by atoms with Gasteiger partial charge in [0.05, 0.1) is 6.04 Å². The highest BCUT2D eigenvalue weighted by atomic mass is 32.2. The second-order valence-electron chi connectivity index (χ2n) is 6.09. The highest BCUT2D eigenvalue weighted by Crippen LogP contribution is 2.39. The molecule has 1 aromatic heterocycles. The standard InChI is InChI=1S/C19H19N3S2/c1-13-8-9-17(14(2)10-13)23-11-16-12-24-19-21-20-18(22(16)19)15-6-4-3-5-7-15/h3-10,16H,11-12H2,1-2H3/t16-/m0/s1. The molecule has 2 aromatic carbocycles. The Morgan fingerprint density at radius 2 is 1.96 bits per heavy atom. The Morgan fingerprint density at radius 1 is 1.12 bits per heavy atom. The first kappa shape index (κ1) is 15.8. The molecule has 5 heteroatoms. The number of hydrogen-bond donors (Lipinski definition) is 0. The Morgan fingerprint density at radius 3 is 2.75 bits per heavy atom. The van der Waals surface area contributed by atoms with Crippen LogP contribution < -0.4 is 0 Å². The van der Waals surface area contributed by atoms with E-state index in [1.54, 1.807) is 0 Å². The normalized spacial score (nSPS) is 16.3. The minimum absolute atomic E-state index is 0.431. The van der Waals surface area contributed by atoms with Crippen molar-refractivity contribution < 1.29 is 0 Å². The first-order chi connectivity index (χ1) is 11.7. The molecule has 3 aromatic rings. The first-order valence-electron chi connectivity index (χ1n) is 8.05. The van der Waals surface area contributed by atoms with Gasteiger partial charge in [0.25, 0.3) is 0 Å². The van der Waals surface area contributed by atoms with Gasteiger partial charge in [-0.2, -0.15) is 0 Å². The van der Waals surface area contributed by atoms with E-state index in [4.69, 9.17) is 0 Å². The molecule has 0 saturated carbocycles. The molecule has 0 bridgehead atoms. The average Bonchev–Trinajstić information content (AvgIpc) is 3.17. The van der Waals surface area contributed by atoms with E-state index in [0.29, 0.717) is 6.04 Å². The van der Waals surface area contributed by atoms with Gasteiger partial charge in [-0.15, -0.1) is 22.0 Å². The highest BCUT2D eigenvalue weighted by Gasteiger charge is 2.28. The lowest BCUT2D eigenvalue weighted by Gasteiger charge is -2.15. The Labute approximate surface area is 150 Å². The SMILES string of the molecule is Cc1ccc(SC[C@H]2CSc3nnc(-c4ccccc4)n32)c(C)c1. The summed E-state index contributed by atoms with van der Waals surface area (Å²) >= 11 is 3.74. The zero-order valence-electron chi connectivity index (χ0n) is 13.8. The molecule has 0 N–H and O–H groups in total. The van der Waals surface area contributed by atoms with E-state index in [-0.39, 0.29) is 0 Å². The lowest BCUT2D eigenvalue weighted by atomic mass is 10.2. The van der Waals surface area contributed by atoms with E-state index in [1.807, 2.05) is 29.6 Å². The molecular weight excluding hydrogens is 334 g/mol. The van der Waals surface area contributed by atoms with Gasteiger partial charge >= 0.3 is 0 Å². The third-order valence-corrected chi connectivity index (χ3v) is 6.64. The Balaban J connectivity index is 1.57. The summed E-state index contributed by atoms with van der Waals surface area (Å²) in [6.45, 7) is 4.34. The van der Waals surface area contributed by atoms with Crippen molar-refractivity contribution >= 4 is 23.5 Å². The van der Waals surface area contributed by atoms with Crippen LogP contribution in [0.5, 0.6) is 0 Å². The van der Waals surface area contributed by atoms with Crippen LogP contribution in [0.1, 0.15) is 17.2 Å². The van der Waals surface area contributed by atoms with Crippen molar-refractivity contribution in [3.05, 3.63) is 59.7 Å². The van der Waals surface area contributed by atoms with Crippen LogP contribution in [0.4, 0.5) is 0 Å². The van der Waals surface area contributed by atoms with Crippen LogP contribution in [-0.2, 0) is 0 Å². The monoisotopic (exact) mass is 353 g/mol. The van der Waals surface area contributed by atoms with E-state index in [2.05, 4.69) is 71.1 Å². The maximum atomic E-state index is 4.43. The predicted octanol–water partition coefficient (Wildman–Crippen LogP) is 5.00. The molecule has 1 aliphatic heterocycles. The predicted molar refractivity (Wildman–Crippen MR) is 102 cm³/mol.